The predicted molar refractivity (Wildman–Crippen MR) is 122 cm³/mol. The third kappa shape index (κ3) is 5.04. The highest BCUT2D eigenvalue weighted by Gasteiger charge is 2.39. The predicted octanol–water partition coefficient (Wildman–Crippen LogP) is 4.91. The van der Waals surface area contributed by atoms with Gasteiger partial charge in [0.2, 0.25) is 10.0 Å². The maximum atomic E-state index is 13.4. The largest absolute Gasteiger partial charge is 0.416 e. The van der Waals surface area contributed by atoms with Crippen molar-refractivity contribution < 1.29 is 34.8 Å². The number of fused-ring (bicyclic) bond motifs is 1. The monoisotopic (exact) mass is 554 g/mol. The highest BCUT2D eigenvalue weighted by molar-refractivity contribution is 7.89. The molecule has 1 atom stereocenters. The minimum Gasteiger partial charge on any atom is -0.275 e. The SMILES string of the molecule is Cc1cnc2c(c1)c(C#N)c(-c1ccc(S(=O)(=O)N[C@@H](C)C(F)(F)F)cn1)n2-c1cc(C(F)(F)F)ccn1. The van der Waals surface area contributed by atoms with Crippen LogP contribution in [0.25, 0.3) is 28.2 Å². The molecule has 4 rings (SSSR count). The number of nitriles is 1. The van der Waals surface area contributed by atoms with Gasteiger partial charge in [-0.15, -0.1) is 0 Å². The third-order valence-corrected chi connectivity index (χ3v) is 7.00. The van der Waals surface area contributed by atoms with Crippen LogP contribution in [-0.2, 0) is 16.2 Å². The zero-order valence-electron chi connectivity index (χ0n) is 19.4. The van der Waals surface area contributed by atoms with Gasteiger partial charge in [-0.1, -0.05) is 0 Å². The second-order valence-corrected chi connectivity index (χ2v) is 9.93. The lowest BCUT2D eigenvalue weighted by molar-refractivity contribution is -0.147. The fraction of sp³-hybridized carbons (Fsp3) is 0.217. The average molecular weight is 554 g/mol. The van der Waals surface area contributed by atoms with Gasteiger partial charge in [-0.2, -0.15) is 36.3 Å². The summed E-state index contributed by atoms with van der Waals surface area (Å²) in [6, 6.07) is 4.82. The van der Waals surface area contributed by atoms with E-state index in [0.717, 1.165) is 36.7 Å². The van der Waals surface area contributed by atoms with Crippen molar-refractivity contribution in [2.75, 3.05) is 0 Å². The van der Waals surface area contributed by atoms with Gasteiger partial charge in [-0.05, 0) is 49.7 Å². The van der Waals surface area contributed by atoms with Gasteiger partial charge in [-0.25, -0.2) is 18.4 Å². The molecule has 15 heteroatoms. The first kappa shape index (κ1) is 27.0. The van der Waals surface area contributed by atoms with E-state index >= 15 is 0 Å². The first-order valence-electron chi connectivity index (χ1n) is 10.6. The lowest BCUT2D eigenvalue weighted by Crippen LogP contribution is -2.42. The number of rotatable bonds is 5. The van der Waals surface area contributed by atoms with E-state index in [1.54, 1.807) is 13.0 Å². The molecule has 0 spiro atoms. The van der Waals surface area contributed by atoms with Crippen molar-refractivity contribution in [2.45, 2.75) is 37.1 Å². The number of aromatic nitrogens is 4. The molecule has 0 radical (unpaired) electrons. The van der Waals surface area contributed by atoms with Gasteiger partial charge in [0, 0.05) is 24.0 Å². The fourth-order valence-electron chi connectivity index (χ4n) is 3.61. The van der Waals surface area contributed by atoms with Crippen LogP contribution in [0, 0.1) is 18.3 Å². The van der Waals surface area contributed by atoms with Gasteiger partial charge in [-0.3, -0.25) is 9.55 Å². The Hall–Kier alpha value is -4.03. The molecule has 0 aromatic carbocycles. The number of halogens is 6. The molecule has 0 bridgehead atoms. The molecule has 0 amide bonds. The summed E-state index contributed by atoms with van der Waals surface area (Å²) in [5.41, 5.74) is -0.392. The van der Waals surface area contributed by atoms with Gasteiger partial charge in [0.05, 0.1) is 22.5 Å². The van der Waals surface area contributed by atoms with Gasteiger partial charge < -0.3 is 0 Å². The molecule has 38 heavy (non-hydrogen) atoms. The molecule has 0 unspecified atom stereocenters. The third-order valence-electron chi connectivity index (χ3n) is 5.47. The molecule has 198 valence electrons. The Morgan fingerprint density at radius 1 is 1.03 bits per heavy atom. The van der Waals surface area contributed by atoms with Crippen molar-refractivity contribution in [3.63, 3.8) is 0 Å². The highest BCUT2D eigenvalue weighted by Crippen LogP contribution is 2.36. The molecule has 0 aliphatic rings. The highest BCUT2D eigenvalue weighted by atomic mass is 32.2. The lowest BCUT2D eigenvalue weighted by atomic mass is 10.1. The van der Waals surface area contributed by atoms with E-state index in [1.807, 2.05) is 6.07 Å². The Labute approximate surface area is 211 Å². The van der Waals surface area contributed by atoms with Crippen LogP contribution in [0.5, 0.6) is 0 Å². The van der Waals surface area contributed by atoms with Gasteiger partial charge in [0.15, 0.2) is 0 Å². The Morgan fingerprint density at radius 3 is 2.32 bits per heavy atom. The van der Waals surface area contributed by atoms with Gasteiger partial charge in [0.1, 0.15) is 28.5 Å². The molecular weight excluding hydrogens is 538 g/mol. The van der Waals surface area contributed by atoms with E-state index in [4.69, 9.17) is 0 Å². The number of hydrogen-bond acceptors (Lipinski definition) is 6. The first-order valence-corrected chi connectivity index (χ1v) is 12.1. The van der Waals surface area contributed by atoms with Crippen molar-refractivity contribution in [1.82, 2.24) is 24.2 Å². The lowest BCUT2D eigenvalue weighted by Gasteiger charge is -2.17. The topological polar surface area (TPSA) is 114 Å². The van der Waals surface area contributed by atoms with Crippen LogP contribution in [0.15, 0.2) is 53.8 Å². The standard InChI is InChI=1S/C23H16F6N6O2S/c1-12-7-16-17(9-30)20(18-4-3-15(11-32-18)38(36,37)34-13(2)22(24,25)26)35(21(16)33-10-12)19-8-14(5-6-31-19)23(27,28)29/h3-8,10-11,13,34H,1-2H3/t13-/m0/s1. The summed E-state index contributed by atoms with van der Waals surface area (Å²) in [5, 5.41) is 10.2. The molecular formula is C23H16F6N6O2S. The van der Waals surface area contributed by atoms with Crippen LogP contribution >= 0.6 is 0 Å². The summed E-state index contributed by atoms with van der Waals surface area (Å²) in [4.78, 5) is 11.7. The quantitative estimate of drug-likeness (QED) is 0.351. The smallest absolute Gasteiger partial charge is 0.275 e. The molecule has 0 fully saturated rings. The molecule has 0 saturated heterocycles. The van der Waals surface area contributed by atoms with E-state index in [-0.39, 0.29) is 33.8 Å². The summed E-state index contributed by atoms with van der Waals surface area (Å²) < 4.78 is 106. The van der Waals surface area contributed by atoms with E-state index in [1.165, 1.54) is 15.5 Å². The van der Waals surface area contributed by atoms with Crippen LogP contribution in [0.1, 0.15) is 23.6 Å². The second kappa shape index (κ2) is 9.37. The summed E-state index contributed by atoms with van der Waals surface area (Å²) in [5.74, 6) is -0.239. The van der Waals surface area contributed by atoms with E-state index in [2.05, 4.69) is 15.0 Å². The Balaban J connectivity index is 1.92. The first-order chi connectivity index (χ1) is 17.6. The molecule has 0 aliphatic carbocycles. The van der Waals surface area contributed by atoms with E-state index in [0.29, 0.717) is 12.5 Å². The van der Waals surface area contributed by atoms with Crippen LogP contribution in [0.4, 0.5) is 26.3 Å². The number of sulfonamides is 1. The van der Waals surface area contributed by atoms with Crippen LogP contribution in [0.2, 0.25) is 0 Å². The summed E-state index contributed by atoms with van der Waals surface area (Å²) in [6.45, 7) is 2.33. The van der Waals surface area contributed by atoms with Crippen molar-refractivity contribution >= 4 is 21.1 Å². The molecule has 4 aromatic rings. The van der Waals surface area contributed by atoms with Crippen LogP contribution in [0.3, 0.4) is 0 Å². The molecule has 8 nitrogen and oxygen atoms in total. The van der Waals surface area contributed by atoms with E-state index < -0.39 is 38.9 Å². The minimum absolute atomic E-state index is 0.0256. The molecule has 0 aliphatic heterocycles. The number of aryl methyl sites for hydroxylation is 1. The summed E-state index contributed by atoms with van der Waals surface area (Å²) >= 11 is 0. The second-order valence-electron chi connectivity index (χ2n) is 8.22. The molecule has 4 aromatic heterocycles. The number of nitrogens with zero attached hydrogens (tertiary/aromatic N) is 5. The fourth-order valence-corrected chi connectivity index (χ4v) is 4.79. The number of pyridine rings is 3. The number of hydrogen-bond donors (Lipinski definition) is 1. The zero-order valence-corrected chi connectivity index (χ0v) is 20.2. The van der Waals surface area contributed by atoms with Crippen LogP contribution < -0.4 is 4.72 Å². The van der Waals surface area contributed by atoms with Crippen molar-refractivity contribution in [1.29, 1.82) is 5.26 Å². The summed E-state index contributed by atoms with van der Waals surface area (Å²) in [6.07, 6.45) is -6.37. The van der Waals surface area contributed by atoms with Crippen molar-refractivity contribution in [2.24, 2.45) is 0 Å². The Morgan fingerprint density at radius 2 is 1.74 bits per heavy atom. The number of nitrogens with one attached hydrogen (secondary N) is 1. The maximum Gasteiger partial charge on any atom is 0.416 e. The summed E-state index contributed by atoms with van der Waals surface area (Å²) in [7, 11) is -4.63. The molecule has 1 N–H and O–H groups in total. The molecule has 4 heterocycles. The van der Waals surface area contributed by atoms with Gasteiger partial charge in [0.25, 0.3) is 0 Å². The van der Waals surface area contributed by atoms with Crippen molar-refractivity contribution in [3.8, 4) is 23.3 Å². The average Bonchev–Trinajstić information content (AvgIpc) is 3.16. The van der Waals surface area contributed by atoms with Crippen molar-refractivity contribution in [3.05, 3.63) is 65.6 Å². The number of alkyl halides is 6. The maximum absolute atomic E-state index is 13.4. The normalized spacial score (nSPS) is 13.4. The molecule has 0 saturated carbocycles. The minimum atomic E-state index is -4.83. The Bertz CT molecular complexity index is 1670. The van der Waals surface area contributed by atoms with E-state index in [9.17, 15) is 40.0 Å². The Kier molecular flexibility index (Phi) is 6.66. The van der Waals surface area contributed by atoms with Crippen LogP contribution in [-0.4, -0.2) is 40.2 Å². The van der Waals surface area contributed by atoms with Gasteiger partial charge >= 0.3 is 12.4 Å². The zero-order chi connectivity index (χ0) is 28.0.